The fourth-order valence-electron chi connectivity index (χ4n) is 2.25. The van der Waals surface area contributed by atoms with Gasteiger partial charge in [0.05, 0.1) is 0 Å². The van der Waals surface area contributed by atoms with Crippen LogP contribution in [-0.4, -0.2) is 22.8 Å². The largest absolute Gasteiger partial charge is 0.380 e. The number of amides is 1. The molecule has 0 aliphatic rings. The van der Waals surface area contributed by atoms with Gasteiger partial charge in [0, 0.05) is 6.21 Å². The van der Waals surface area contributed by atoms with E-state index in [1.165, 1.54) is 6.21 Å². The molecule has 1 rings (SSSR count). The van der Waals surface area contributed by atoms with Gasteiger partial charge in [0.1, 0.15) is 5.60 Å². The predicted octanol–water partition coefficient (Wildman–Crippen LogP) is 3.91. The Morgan fingerprint density at radius 3 is 2.35 bits per heavy atom. The van der Waals surface area contributed by atoms with Gasteiger partial charge < -0.3 is 5.11 Å². The number of benzene rings is 1. The van der Waals surface area contributed by atoms with Crippen LogP contribution in [0.25, 0.3) is 6.08 Å². The van der Waals surface area contributed by atoms with Crippen LogP contribution in [0.1, 0.15) is 57.9 Å². The first kappa shape index (κ1) is 19.1. The van der Waals surface area contributed by atoms with Crippen molar-refractivity contribution < 1.29 is 9.90 Å². The van der Waals surface area contributed by atoms with Gasteiger partial charge in [-0.3, -0.25) is 4.79 Å². The van der Waals surface area contributed by atoms with Gasteiger partial charge in [0.15, 0.2) is 0 Å². The number of unbranched alkanes of at least 4 members (excludes halogenated alkanes) is 2. The number of nitrogens with zero attached hydrogens (tertiary/aromatic N) is 1. The van der Waals surface area contributed by atoms with Crippen LogP contribution in [0.3, 0.4) is 0 Å². The number of aliphatic hydroxyl groups is 1. The smallest absolute Gasteiger partial charge is 0.271 e. The highest BCUT2D eigenvalue weighted by Gasteiger charge is 2.34. The van der Waals surface area contributed by atoms with Gasteiger partial charge in [0.2, 0.25) is 0 Å². The molecule has 2 N–H and O–H groups in total. The fourth-order valence-corrected chi connectivity index (χ4v) is 2.25. The van der Waals surface area contributed by atoms with Crippen LogP contribution in [0.15, 0.2) is 41.5 Å². The van der Waals surface area contributed by atoms with Crippen molar-refractivity contribution in [2.75, 3.05) is 0 Å². The van der Waals surface area contributed by atoms with E-state index >= 15 is 0 Å². The number of carbonyl (C=O) groups excluding carboxylic acids is 1. The van der Waals surface area contributed by atoms with Gasteiger partial charge >= 0.3 is 0 Å². The molecule has 126 valence electrons. The molecule has 0 atom stereocenters. The third-order valence-electron chi connectivity index (χ3n) is 3.73. The minimum Gasteiger partial charge on any atom is -0.380 e. The van der Waals surface area contributed by atoms with Gasteiger partial charge in [0.25, 0.3) is 5.91 Å². The maximum Gasteiger partial charge on any atom is 0.271 e. The van der Waals surface area contributed by atoms with Gasteiger partial charge in [-0.15, -0.1) is 0 Å². The molecule has 0 spiro atoms. The minimum atomic E-state index is -1.31. The summed E-state index contributed by atoms with van der Waals surface area (Å²) >= 11 is 0. The van der Waals surface area contributed by atoms with Crippen molar-refractivity contribution in [3.63, 3.8) is 0 Å². The lowest BCUT2D eigenvalue weighted by atomic mass is 9.90. The lowest BCUT2D eigenvalue weighted by molar-refractivity contribution is -0.141. The molecule has 0 bridgehead atoms. The Hall–Kier alpha value is -1.94. The number of hydrogen-bond acceptors (Lipinski definition) is 3. The van der Waals surface area contributed by atoms with E-state index in [1.807, 2.05) is 50.3 Å². The first-order valence-electron chi connectivity index (χ1n) is 8.40. The van der Waals surface area contributed by atoms with E-state index in [-0.39, 0.29) is 0 Å². The van der Waals surface area contributed by atoms with E-state index in [1.54, 1.807) is 6.08 Å². The quantitative estimate of drug-likeness (QED) is 0.508. The summed E-state index contributed by atoms with van der Waals surface area (Å²) < 4.78 is 0. The lowest BCUT2D eigenvalue weighted by Crippen LogP contribution is -2.45. The molecule has 0 heterocycles. The molecule has 1 aromatic rings. The zero-order chi connectivity index (χ0) is 17.0. The minimum absolute atomic E-state index is 0.413. The molecule has 23 heavy (non-hydrogen) atoms. The fraction of sp³-hybridized carbons (Fsp3) is 0.474. The molecule has 0 aliphatic heterocycles. The molecule has 0 aliphatic carbocycles. The molecule has 4 heteroatoms. The predicted molar refractivity (Wildman–Crippen MR) is 96.1 cm³/mol. The highest BCUT2D eigenvalue weighted by molar-refractivity contribution is 5.86. The summed E-state index contributed by atoms with van der Waals surface area (Å²) in [5.74, 6) is -0.413. The van der Waals surface area contributed by atoms with Gasteiger partial charge in [-0.05, 0) is 24.5 Å². The third-order valence-corrected chi connectivity index (χ3v) is 3.73. The Balaban J connectivity index is 2.53. The molecule has 0 saturated carbocycles. The van der Waals surface area contributed by atoms with Crippen molar-refractivity contribution in [1.82, 2.24) is 5.43 Å². The highest BCUT2D eigenvalue weighted by Crippen LogP contribution is 2.21. The highest BCUT2D eigenvalue weighted by atomic mass is 16.3. The average Bonchev–Trinajstić information content (AvgIpc) is 2.58. The van der Waals surface area contributed by atoms with E-state index in [4.69, 9.17) is 0 Å². The maximum atomic E-state index is 12.2. The lowest BCUT2D eigenvalue weighted by Gasteiger charge is -2.25. The Bertz CT molecular complexity index is 501. The van der Waals surface area contributed by atoms with Crippen LogP contribution in [0.2, 0.25) is 0 Å². The standard InChI is InChI=1S/C19H28N2O2/c1-3-5-14-19(23,15-6-4-2)18(22)21-20-16-10-13-17-11-8-7-9-12-17/h7-13,16,23H,3-6,14-15H2,1-2H3,(H,21,22). The molecule has 0 radical (unpaired) electrons. The molecule has 4 nitrogen and oxygen atoms in total. The summed E-state index contributed by atoms with van der Waals surface area (Å²) in [6.07, 6.45) is 9.68. The third kappa shape index (κ3) is 7.24. The van der Waals surface area contributed by atoms with E-state index in [9.17, 15) is 9.90 Å². The average molecular weight is 316 g/mol. The second-order valence-electron chi connectivity index (χ2n) is 5.73. The SMILES string of the molecule is CCCCC(O)(CCCC)C(=O)NN=CC=Cc1ccccc1. The van der Waals surface area contributed by atoms with Crippen LogP contribution in [0.5, 0.6) is 0 Å². The van der Waals surface area contributed by atoms with E-state index in [0.717, 1.165) is 31.2 Å². The van der Waals surface area contributed by atoms with Crippen molar-refractivity contribution in [2.45, 2.75) is 58.0 Å². The second kappa shape index (κ2) is 10.7. The van der Waals surface area contributed by atoms with Crippen LogP contribution in [0, 0.1) is 0 Å². The first-order chi connectivity index (χ1) is 11.1. The topological polar surface area (TPSA) is 61.7 Å². The molecular weight excluding hydrogens is 288 g/mol. The van der Waals surface area contributed by atoms with E-state index in [0.29, 0.717) is 12.8 Å². The Morgan fingerprint density at radius 1 is 1.17 bits per heavy atom. The number of rotatable bonds is 10. The Kier molecular flexibility index (Phi) is 8.91. The Morgan fingerprint density at radius 2 is 1.78 bits per heavy atom. The normalized spacial score (nSPS) is 12.1. The zero-order valence-corrected chi connectivity index (χ0v) is 14.2. The summed E-state index contributed by atoms with van der Waals surface area (Å²) in [6.45, 7) is 4.09. The molecule has 0 aromatic heterocycles. The van der Waals surface area contributed by atoms with Crippen molar-refractivity contribution in [2.24, 2.45) is 5.10 Å². The molecule has 0 saturated heterocycles. The van der Waals surface area contributed by atoms with Crippen molar-refractivity contribution in [1.29, 1.82) is 0 Å². The summed E-state index contributed by atoms with van der Waals surface area (Å²) in [4.78, 5) is 12.2. The Labute approximate surface area is 139 Å². The molecule has 0 unspecified atom stereocenters. The number of allylic oxidation sites excluding steroid dienone is 1. The van der Waals surface area contributed by atoms with Crippen LogP contribution in [-0.2, 0) is 4.79 Å². The zero-order valence-electron chi connectivity index (χ0n) is 14.2. The van der Waals surface area contributed by atoms with Gasteiger partial charge in [-0.25, -0.2) is 5.43 Å². The van der Waals surface area contributed by atoms with E-state index < -0.39 is 11.5 Å². The molecule has 1 aromatic carbocycles. The summed E-state index contributed by atoms with van der Waals surface area (Å²) in [5, 5.41) is 14.5. The van der Waals surface area contributed by atoms with Crippen LogP contribution >= 0.6 is 0 Å². The monoisotopic (exact) mass is 316 g/mol. The second-order valence-corrected chi connectivity index (χ2v) is 5.73. The van der Waals surface area contributed by atoms with Crippen molar-refractivity contribution in [3.05, 3.63) is 42.0 Å². The van der Waals surface area contributed by atoms with Gasteiger partial charge in [-0.2, -0.15) is 5.10 Å². The molecule has 0 fully saturated rings. The van der Waals surface area contributed by atoms with Gasteiger partial charge in [-0.1, -0.05) is 75.9 Å². The molecule has 1 amide bonds. The molecular formula is C19H28N2O2. The van der Waals surface area contributed by atoms with Crippen molar-refractivity contribution in [3.8, 4) is 0 Å². The van der Waals surface area contributed by atoms with Crippen LogP contribution in [0.4, 0.5) is 0 Å². The van der Waals surface area contributed by atoms with Crippen molar-refractivity contribution >= 4 is 18.2 Å². The summed E-state index contributed by atoms with van der Waals surface area (Å²) in [6, 6.07) is 9.84. The first-order valence-corrected chi connectivity index (χ1v) is 8.40. The number of hydrazone groups is 1. The number of hydrogen-bond donors (Lipinski definition) is 2. The summed E-state index contributed by atoms with van der Waals surface area (Å²) in [7, 11) is 0. The maximum absolute atomic E-state index is 12.2. The van der Waals surface area contributed by atoms with E-state index in [2.05, 4.69) is 10.5 Å². The number of nitrogens with one attached hydrogen (secondary N) is 1. The summed E-state index contributed by atoms with van der Waals surface area (Å²) in [5.41, 5.74) is 2.21. The van der Waals surface area contributed by atoms with Crippen LogP contribution < -0.4 is 5.43 Å². The number of carbonyl (C=O) groups is 1.